The first-order valence-corrected chi connectivity index (χ1v) is 16.7. The normalized spacial score (nSPS) is 17.9. The van der Waals surface area contributed by atoms with E-state index in [0.29, 0.717) is 11.8 Å². The SMILES string of the molecule is Ic1cccc2c1C(c1ccccc1)[C]([Zr+2][C]1=Cc3cc4cc(I)c3C1c1cccc(c1)S4)=C2.[Cl-].[Cl-]. The minimum atomic E-state index is -1.03. The molecule has 0 amide bonds. The summed E-state index contributed by atoms with van der Waals surface area (Å²) in [4.78, 5) is 2.71. The number of halogens is 4. The molecule has 2 atom stereocenters. The van der Waals surface area contributed by atoms with Gasteiger partial charge in [-0.1, -0.05) is 0 Å². The van der Waals surface area contributed by atoms with Gasteiger partial charge in [-0.05, 0) is 0 Å². The fourth-order valence-electron chi connectivity index (χ4n) is 5.51. The van der Waals surface area contributed by atoms with E-state index in [1.165, 1.54) is 50.3 Å². The smallest absolute Gasteiger partial charge is 1.00 e. The average Bonchev–Trinajstić information content (AvgIpc) is 3.40. The van der Waals surface area contributed by atoms with Gasteiger partial charge in [0.2, 0.25) is 0 Å². The summed E-state index contributed by atoms with van der Waals surface area (Å²) in [5, 5.41) is 0. The van der Waals surface area contributed by atoms with Gasteiger partial charge in [0.15, 0.2) is 0 Å². The van der Waals surface area contributed by atoms with E-state index in [0.717, 1.165) is 0 Å². The third kappa shape index (κ3) is 4.66. The molecule has 0 N–H and O–H groups in total. The third-order valence-corrected chi connectivity index (χ3v) is 13.2. The summed E-state index contributed by atoms with van der Waals surface area (Å²) in [7, 11) is 0. The van der Waals surface area contributed by atoms with Crippen molar-refractivity contribution in [3.8, 4) is 0 Å². The van der Waals surface area contributed by atoms with Crippen molar-refractivity contribution in [1.82, 2.24) is 0 Å². The topological polar surface area (TPSA) is 0 Å². The predicted molar refractivity (Wildman–Crippen MR) is 155 cm³/mol. The number of rotatable bonds is 3. The van der Waals surface area contributed by atoms with Crippen LogP contribution in [0.1, 0.15) is 45.2 Å². The van der Waals surface area contributed by atoms with Crippen LogP contribution < -0.4 is 24.8 Å². The van der Waals surface area contributed by atoms with E-state index < -0.39 is 23.2 Å². The van der Waals surface area contributed by atoms with Crippen LogP contribution in [0.2, 0.25) is 0 Å². The Kier molecular flexibility index (Phi) is 8.33. The van der Waals surface area contributed by atoms with Gasteiger partial charge in [0.25, 0.3) is 0 Å². The van der Waals surface area contributed by atoms with E-state index >= 15 is 0 Å². The first kappa shape index (κ1) is 27.2. The van der Waals surface area contributed by atoms with Gasteiger partial charge in [-0.15, -0.1) is 0 Å². The van der Waals surface area contributed by atoms with Gasteiger partial charge in [-0.3, -0.25) is 0 Å². The van der Waals surface area contributed by atoms with Crippen LogP contribution in [0.4, 0.5) is 0 Å². The maximum absolute atomic E-state index is 2.57. The van der Waals surface area contributed by atoms with E-state index in [4.69, 9.17) is 0 Å². The van der Waals surface area contributed by atoms with Crippen molar-refractivity contribution in [2.45, 2.75) is 21.6 Å². The van der Waals surface area contributed by atoms with Crippen molar-refractivity contribution in [3.05, 3.63) is 132 Å². The molecule has 0 spiro atoms. The molecule has 8 rings (SSSR count). The molecule has 0 radical (unpaired) electrons. The molecule has 0 fully saturated rings. The minimum absolute atomic E-state index is 0. The van der Waals surface area contributed by atoms with Crippen molar-refractivity contribution in [3.63, 3.8) is 0 Å². The number of fused-ring (bicyclic) bond motifs is 2. The summed E-state index contributed by atoms with van der Waals surface area (Å²) >= 11 is 5.97. The molecule has 176 valence electrons. The standard InChI is InChI=1S/C15H8IS.C15H10I.2ClH.Zr/c16-14-8-12-7-10-4-5-13(15(10)14)9-2-1-3-11(6-9)17-12;16-14-8-4-7-12-9-10-13(15(12)14)11-5-2-1-3-6-11;;;/h1-4,6-8,13H;1-9,13H;2*1H;/q;;;;+2/p-2. The Morgan fingerprint density at radius 3 is 2.06 bits per heavy atom. The molecule has 2 heterocycles. The van der Waals surface area contributed by atoms with E-state index in [2.05, 4.69) is 142 Å². The van der Waals surface area contributed by atoms with Gasteiger partial charge in [-0.25, -0.2) is 0 Å². The molecule has 0 aromatic heterocycles. The van der Waals surface area contributed by atoms with Crippen LogP contribution in [0.3, 0.4) is 0 Å². The fourth-order valence-corrected chi connectivity index (χ4v) is 12.7. The van der Waals surface area contributed by atoms with Crippen molar-refractivity contribution >= 4 is 69.1 Å². The van der Waals surface area contributed by atoms with Gasteiger partial charge in [0, 0.05) is 0 Å². The molecule has 2 unspecified atom stereocenters. The fraction of sp³-hybridized carbons (Fsp3) is 0.0667. The second-order valence-corrected chi connectivity index (χ2v) is 15.9. The third-order valence-electron chi connectivity index (χ3n) is 6.89. The molecular weight excluding hydrogens is 808 g/mol. The van der Waals surface area contributed by atoms with Gasteiger partial charge < -0.3 is 24.8 Å². The summed E-state index contributed by atoms with van der Waals surface area (Å²) in [6.45, 7) is 0. The maximum atomic E-state index is 2.57. The van der Waals surface area contributed by atoms with Crippen LogP contribution in [0.15, 0.2) is 101 Å². The van der Waals surface area contributed by atoms with Crippen molar-refractivity contribution < 1.29 is 48.0 Å². The quantitative estimate of drug-likeness (QED) is 0.287. The van der Waals surface area contributed by atoms with Crippen LogP contribution in [-0.2, 0) is 23.2 Å². The minimum Gasteiger partial charge on any atom is -1.00 e. The molecule has 4 aromatic rings. The van der Waals surface area contributed by atoms with Gasteiger partial charge in [-0.2, -0.15) is 0 Å². The Morgan fingerprint density at radius 1 is 0.583 bits per heavy atom. The Balaban J connectivity index is 0.00000133. The molecular formula is C30H18Cl2I2SZr. The molecule has 0 nitrogen and oxygen atoms in total. The zero-order valence-electron chi connectivity index (χ0n) is 18.8. The van der Waals surface area contributed by atoms with Gasteiger partial charge in [0.05, 0.1) is 0 Å². The molecule has 4 aliphatic rings. The molecule has 2 aliphatic carbocycles. The van der Waals surface area contributed by atoms with Crippen molar-refractivity contribution in [1.29, 1.82) is 0 Å². The van der Waals surface area contributed by atoms with Gasteiger partial charge >= 0.3 is 246 Å². The molecule has 4 aromatic carbocycles. The summed E-state index contributed by atoms with van der Waals surface area (Å²) in [5.41, 5.74) is 8.79. The Hall–Kier alpha value is -0.367. The number of hydrogen-bond donors (Lipinski definition) is 0. The van der Waals surface area contributed by atoms with E-state index in [1.807, 2.05) is 11.8 Å². The second kappa shape index (κ2) is 11.0. The molecule has 6 bridgehead atoms. The van der Waals surface area contributed by atoms with Crippen LogP contribution >= 0.6 is 56.9 Å². The van der Waals surface area contributed by atoms with Crippen LogP contribution in [-0.4, -0.2) is 0 Å². The zero-order valence-corrected chi connectivity index (χ0v) is 27.9. The summed E-state index contributed by atoms with van der Waals surface area (Å²) in [6, 6.07) is 32.0. The van der Waals surface area contributed by atoms with Crippen molar-refractivity contribution in [2.75, 3.05) is 0 Å². The summed E-state index contributed by atoms with van der Waals surface area (Å²) in [5.74, 6) is 0.798. The largest absolute Gasteiger partial charge is 1.00 e. The summed E-state index contributed by atoms with van der Waals surface area (Å²) < 4.78 is 6.16. The first-order chi connectivity index (χ1) is 16.7. The van der Waals surface area contributed by atoms with Gasteiger partial charge in [0.1, 0.15) is 0 Å². The predicted octanol–water partition coefficient (Wildman–Crippen LogP) is 3.12. The second-order valence-electron chi connectivity index (χ2n) is 8.93. The molecule has 0 saturated carbocycles. The van der Waals surface area contributed by atoms with Crippen molar-refractivity contribution in [2.24, 2.45) is 0 Å². The van der Waals surface area contributed by atoms with E-state index in [1.54, 1.807) is 6.56 Å². The maximum Gasteiger partial charge on any atom is -1.00 e. The average molecular weight is 826 g/mol. The molecule has 2 aliphatic heterocycles. The summed E-state index contributed by atoms with van der Waals surface area (Å²) in [6.07, 6.45) is 5.10. The van der Waals surface area contributed by atoms with E-state index in [-0.39, 0.29) is 24.8 Å². The van der Waals surface area contributed by atoms with Crippen LogP contribution in [0.5, 0.6) is 0 Å². The molecule has 6 heteroatoms. The number of allylic oxidation sites excluding steroid dienone is 2. The van der Waals surface area contributed by atoms with E-state index in [9.17, 15) is 0 Å². The Labute approximate surface area is 267 Å². The monoisotopic (exact) mass is 824 g/mol. The van der Waals surface area contributed by atoms with Crippen LogP contribution in [0, 0.1) is 7.14 Å². The molecule has 0 saturated heterocycles. The molecule has 36 heavy (non-hydrogen) atoms. The first-order valence-electron chi connectivity index (χ1n) is 11.3. The van der Waals surface area contributed by atoms with Crippen LogP contribution in [0.25, 0.3) is 12.2 Å². The Morgan fingerprint density at radius 2 is 1.25 bits per heavy atom. The Bertz CT molecular complexity index is 1550. The number of benzene rings is 4. The number of hydrogen-bond acceptors (Lipinski definition) is 1. The zero-order chi connectivity index (χ0) is 22.8.